The number of hydrogen-bond donors (Lipinski definition) is 2. The van der Waals surface area contributed by atoms with Crippen LogP contribution in [-0.2, 0) is 0 Å². The van der Waals surface area contributed by atoms with Crippen LogP contribution in [0.5, 0.6) is 0 Å². The van der Waals surface area contributed by atoms with Gasteiger partial charge in [0.2, 0.25) is 0 Å². The highest BCUT2D eigenvalue weighted by Gasteiger charge is 2.24. The summed E-state index contributed by atoms with van der Waals surface area (Å²) in [6, 6.07) is 5.21. The summed E-state index contributed by atoms with van der Waals surface area (Å²) in [6.45, 7) is 0. The van der Waals surface area contributed by atoms with Gasteiger partial charge in [0.05, 0.1) is 17.1 Å². The van der Waals surface area contributed by atoms with E-state index in [2.05, 4.69) is 5.32 Å². The van der Waals surface area contributed by atoms with Gasteiger partial charge in [-0.2, -0.15) is 0 Å². The number of nitrogens with one attached hydrogen (secondary N) is 1. The third-order valence-electron chi connectivity index (χ3n) is 3.39. The molecular formula is C13H16N2O4. The lowest BCUT2D eigenvalue weighted by molar-refractivity contribution is -0.384. The number of rotatable bonds is 3. The lowest BCUT2D eigenvalue weighted by Crippen LogP contribution is -2.45. The van der Waals surface area contributed by atoms with Crippen LogP contribution in [0.25, 0.3) is 0 Å². The quantitative estimate of drug-likeness (QED) is 0.641. The molecule has 102 valence electrons. The van der Waals surface area contributed by atoms with Crippen LogP contribution in [0.3, 0.4) is 0 Å². The first-order chi connectivity index (χ1) is 9.08. The van der Waals surface area contributed by atoms with Gasteiger partial charge in [-0.15, -0.1) is 0 Å². The Hall–Kier alpha value is -1.95. The van der Waals surface area contributed by atoms with Crippen molar-refractivity contribution in [2.75, 3.05) is 0 Å². The molecular weight excluding hydrogens is 248 g/mol. The maximum atomic E-state index is 11.9. The van der Waals surface area contributed by atoms with E-state index in [1.165, 1.54) is 24.3 Å². The molecule has 0 heterocycles. The van der Waals surface area contributed by atoms with Crippen molar-refractivity contribution in [3.8, 4) is 0 Å². The molecule has 1 aliphatic carbocycles. The zero-order chi connectivity index (χ0) is 13.8. The molecule has 1 aromatic carbocycles. The fourth-order valence-corrected chi connectivity index (χ4v) is 2.27. The van der Waals surface area contributed by atoms with Gasteiger partial charge in [0.25, 0.3) is 11.6 Å². The average Bonchev–Trinajstić information content (AvgIpc) is 2.41. The molecule has 1 aliphatic rings. The van der Waals surface area contributed by atoms with Gasteiger partial charge in [0.15, 0.2) is 0 Å². The predicted molar refractivity (Wildman–Crippen MR) is 68.8 cm³/mol. The molecule has 1 fully saturated rings. The molecule has 1 amide bonds. The Morgan fingerprint density at radius 1 is 1.26 bits per heavy atom. The van der Waals surface area contributed by atoms with Crippen LogP contribution in [0.1, 0.15) is 36.0 Å². The van der Waals surface area contributed by atoms with E-state index in [0.717, 1.165) is 19.3 Å². The summed E-state index contributed by atoms with van der Waals surface area (Å²) in [6.07, 6.45) is 2.93. The van der Waals surface area contributed by atoms with Crippen LogP contribution in [0.4, 0.5) is 5.69 Å². The van der Waals surface area contributed by atoms with Crippen molar-refractivity contribution in [3.63, 3.8) is 0 Å². The molecule has 2 N–H and O–H groups in total. The highest BCUT2D eigenvalue weighted by Crippen LogP contribution is 2.19. The Labute approximate surface area is 110 Å². The molecule has 0 unspecified atom stereocenters. The smallest absolute Gasteiger partial charge is 0.269 e. The van der Waals surface area contributed by atoms with E-state index in [4.69, 9.17) is 0 Å². The molecule has 0 spiro atoms. The zero-order valence-electron chi connectivity index (χ0n) is 10.4. The summed E-state index contributed by atoms with van der Waals surface area (Å²) in [5.74, 6) is -0.305. The normalized spacial score (nSPS) is 22.8. The number of nitrogens with zero attached hydrogens (tertiary/aromatic N) is 1. The Balaban J connectivity index is 2.01. The molecule has 0 radical (unpaired) electrons. The van der Waals surface area contributed by atoms with E-state index in [1.807, 2.05) is 0 Å². The van der Waals surface area contributed by atoms with Gasteiger partial charge < -0.3 is 10.4 Å². The number of non-ortho nitro benzene ring substituents is 1. The third kappa shape index (κ3) is 3.29. The number of hydrogen-bond acceptors (Lipinski definition) is 4. The van der Waals surface area contributed by atoms with Crippen LogP contribution in [0.15, 0.2) is 24.3 Å². The fraction of sp³-hybridized carbons (Fsp3) is 0.462. The van der Waals surface area contributed by atoms with E-state index >= 15 is 0 Å². The van der Waals surface area contributed by atoms with Crippen LogP contribution in [0.2, 0.25) is 0 Å². The first-order valence-electron chi connectivity index (χ1n) is 6.31. The van der Waals surface area contributed by atoms with Crippen molar-refractivity contribution in [1.29, 1.82) is 0 Å². The van der Waals surface area contributed by atoms with Gasteiger partial charge in [0, 0.05) is 17.7 Å². The number of nitro groups is 1. The van der Waals surface area contributed by atoms with Crippen molar-refractivity contribution in [2.45, 2.75) is 37.8 Å². The van der Waals surface area contributed by atoms with Gasteiger partial charge >= 0.3 is 0 Å². The van der Waals surface area contributed by atoms with Crippen molar-refractivity contribution >= 4 is 11.6 Å². The van der Waals surface area contributed by atoms with E-state index in [9.17, 15) is 20.0 Å². The molecule has 0 aliphatic heterocycles. The SMILES string of the molecule is O=C(N[C@@H]1CCCC[C@@H]1O)c1ccc([N+](=O)[O-])cc1. The fourth-order valence-electron chi connectivity index (χ4n) is 2.27. The summed E-state index contributed by atoms with van der Waals surface area (Å²) in [4.78, 5) is 22.0. The minimum Gasteiger partial charge on any atom is -0.391 e. The minimum absolute atomic E-state index is 0.0470. The molecule has 6 nitrogen and oxygen atoms in total. The van der Waals surface area contributed by atoms with Crippen molar-refractivity contribution in [3.05, 3.63) is 39.9 Å². The van der Waals surface area contributed by atoms with Gasteiger partial charge in [-0.1, -0.05) is 12.8 Å². The third-order valence-corrected chi connectivity index (χ3v) is 3.39. The molecule has 0 bridgehead atoms. The highest BCUT2D eigenvalue weighted by atomic mass is 16.6. The Kier molecular flexibility index (Phi) is 4.11. The molecule has 2 atom stereocenters. The number of carbonyl (C=O) groups excluding carboxylic acids is 1. The lowest BCUT2D eigenvalue weighted by atomic mass is 9.92. The van der Waals surface area contributed by atoms with Gasteiger partial charge in [-0.25, -0.2) is 0 Å². The maximum absolute atomic E-state index is 11.9. The predicted octanol–water partition coefficient (Wildman–Crippen LogP) is 1.63. The topological polar surface area (TPSA) is 92.5 Å². The second-order valence-electron chi connectivity index (χ2n) is 4.74. The number of carbonyl (C=O) groups is 1. The largest absolute Gasteiger partial charge is 0.391 e. The van der Waals surface area contributed by atoms with Gasteiger partial charge in [-0.3, -0.25) is 14.9 Å². The molecule has 0 aromatic heterocycles. The van der Waals surface area contributed by atoms with E-state index in [1.54, 1.807) is 0 Å². The van der Waals surface area contributed by atoms with Crippen LogP contribution < -0.4 is 5.32 Å². The van der Waals surface area contributed by atoms with Crippen LogP contribution >= 0.6 is 0 Å². The summed E-state index contributed by atoms with van der Waals surface area (Å²) in [5, 5.41) is 23.1. The second kappa shape index (κ2) is 5.79. The summed E-state index contributed by atoms with van der Waals surface area (Å²) in [5.41, 5.74) is 0.317. The number of amides is 1. The minimum atomic E-state index is -0.507. The number of aliphatic hydroxyl groups excluding tert-OH is 1. The lowest BCUT2D eigenvalue weighted by Gasteiger charge is -2.28. The van der Waals surface area contributed by atoms with E-state index in [0.29, 0.717) is 12.0 Å². The summed E-state index contributed by atoms with van der Waals surface area (Å²) in [7, 11) is 0. The zero-order valence-corrected chi connectivity index (χ0v) is 10.4. The van der Waals surface area contributed by atoms with E-state index in [-0.39, 0.29) is 17.6 Å². The molecule has 19 heavy (non-hydrogen) atoms. The number of benzene rings is 1. The molecule has 1 aromatic rings. The maximum Gasteiger partial charge on any atom is 0.269 e. The first-order valence-corrected chi connectivity index (χ1v) is 6.31. The summed E-state index contributed by atoms with van der Waals surface area (Å²) < 4.78 is 0. The first kappa shape index (κ1) is 13.5. The number of nitro benzene ring substituents is 1. The van der Waals surface area contributed by atoms with E-state index < -0.39 is 11.0 Å². The molecule has 1 saturated carbocycles. The van der Waals surface area contributed by atoms with Gasteiger partial charge in [-0.05, 0) is 25.0 Å². The molecule has 0 saturated heterocycles. The van der Waals surface area contributed by atoms with Crippen LogP contribution in [-0.4, -0.2) is 28.1 Å². The Morgan fingerprint density at radius 2 is 1.89 bits per heavy atom. The highest BCUT2D eigenvalue weighted by molar-refractivity contribution is 5.94. The van der Waals surface area contributed by atoms with Gasteiger partial charge in [0.1, 0.15) is 0 Å². The average molecular weight is 264 g/mol. The van der Waals surface area contributed by atoms with Crippen molar-refractivity contribution in [1.82, 2.24) is 5.32 Å². The standard InChI is InChI=1S/C13H16N2O4/c16-12-4-2-1-3-11(12)14-13(17)9-5-7-10(8-6-9)15(18)19/h5-8,11-12,16H,1-4H2,(H,14,17)/t11-,12+/m1/s1. The van der Waals surface area contributed by atoms with Crippen molar-refractivity contribution in [2.24, 2.45) is 0 Å². The Bertz CT molecular complexity index is 472. The second-order valence-corrected chi connectivity index (χ2v) is 4.74. The Morgan fingerprint density at radius 3 is 2.47 bits per heavy atom. The van der Waals surface area contributed by atoms with Crippen LogP contribution in [0, 0.1) is 10.1 Å². The van der Waals surface area contributed by atoms with Crippen molar-refractivity contribution < 1.29 is 14.8 Å². The molecule has 6 heteroatoms. The number of aliphatic hydroxyl groups is 1. The summed E-state index contributed by atoms with van der Waals surface area (Å²) >= 11 is 0. The molecule has 2 rings (SSSR count). The monoisotopic (exact) mass is 264 g/mol.